The van der Waals surface area contributed by atoms with Gasteiger partial charge < -0.3 is 4.57 Å². The third kappa shape index (κ3) is 3.93. The van der Waals surface area contributed by atoms with E-state index in [1.807, 2.05) is 73.1 Å². The minimum Gasteiger partial charge on any atom is -0.307 e. The molecule has 10 rings (SSSR count). The molecule has 0 N–H and O–H groups in total. The zero-order valence-electron chi connectivity index (χ0n) is 25.7. The van der Waals surface area contributed by atoms with Gasteiger partial charge in [0.1, 0.15) is 0 Å². The molecule has 10 aromatic rings. The van der Waals surface area contributed by atoms with Gasteiger partial charge in [0.15, 0.2) is 11.6 Å². The number of hydrogen-bond acceptors (Lipinski definition) is 4. The predicted molar refractivity (Wildman–Crippen MR) is 195 cm³/mol. The van der Waals surface area contributed by atoms with Crippen molar-refractivity contribution in [3.8, 4) is 34.4 Å². The summed E-state index contributed by atoms with van der Waals surface area (Å²) in [7, 11) is 0. The van der Waals surface area contributed by atoms with Crippen LogP contribution in [-0.4, -0.2) is 29.1 Å². The van der Waals surface area contributed by atoms with Crippen molar-refractivity contribution in [1.82, 2.24) is 29.1 Å². The lowest BCUT2D eigenvalue weighted by atomic mass is 10.1. The third-order valence-electron chi connectivity index (χ3n) is 9.25. The Labute approximate surface area is 275 Å². The van der Waals surface area contributed by atoms with E-state index >= 15 is 0 Å². The van der Waals surface area contributed by atoms with Crippen LogP contribution in [-0.2, 0) is 0 Å². The van der Waals surface area contributed by atoms with E-state index in [1.54, 1.807) is 0 Å². The Morgan fingerprint density at radius 2 is 0.958 bits per heavy atom. The molecule has 0 saturated carbocycles. The highest BCUT2D eigenvalue weighted by molar-refractivity contribution is 6.24. The Morgan fingerprint density at radius 1 is 0.396 bits per heavy atom. The van der Waals surface area contributed by atoms with Crippen LogP contribution in [0.15, 0.2) is 158 Å². The zero-order chi connectivity index (χ0) is 31.6. The molecule has 0 bridgehead atoms. The highest BCUT2D eigenvalue weighted by atomic mass is 15.2. The first-order valence-corrected chi connectivity index (χ1v) is 16.0. The molecule has 4 aromatic heterocycles. The minimum absolute atomic E-state index is 0.570. The van der Waals surface area contributed by atoms with Gasteiger partial charge in [-0.15, -0.1) is 0 Å². The maximum Gasteiger partial charge on any atom is 0.238 e. The average molecular weight is 615 g/mol. The van der Waals surface area contributed by atoms with Crippen LogP contribution in [0.4, 0.5) is 0 Å². The quantitative estimate of drug-likeness (QED) is 0.198. The van der Waals surface area contributed by atoms with Crippen molar-refractivity contribution in [1.29, 1.82) is 0 Å². The fourth-order valence-electron chi connectivity index (χ4n) is 7.16. The first-order valence-electron chi connectivity index (χ1n) is 16.0. The Hall–Kier alpha value is -6.66. The molecule has 0 amide bonds. The molecule has 0 aliphatic rings. The highest BCUT2D eigenvalue weighted by Crippen LogP contribution is 2.42. The normalized spacial score (nSPS) is 11.8. The smallest absolute Gasteiger partial charge is 0.238 e. The molecular weight excluding hydrogens is 589 g/mol. The van der Waals surface area contributed by atoms with Crippen molar-refractivity contribution >= 4 is 54.4 Å². The zero-order valence-corrected chi connectivity index (χ0v) is 25.7. The minimum atomic E-state index is 0.570. The van der Waals surface area contributed by atoms with Crippen LogP contribution >= 0.6 is 0 Å². The Morgan fingerprint density at radius 3 is 1.60 bits per heavy atom. The van der Waals surface area contributed by atoms with E-state index in [4.69, 9.17) is 15.0 Å². The van der Waals surface area contributed by atoms with Crippen LogP contribution in [0.25, 0.3) is 88.8 Å². The van der Waals surface area contributed by atoms with E-state index in [2.05, 4.69) is 99.0 Å². The van der Waals surface area contributed by atoms with E-state index in [1.165, 1.54) is 5.39 Å². The number of nitrogens with zero attached hydrogens (tertiary/aromatic N) is 6. The predicted octanol–water partition coefficient (Wildman–Crippen LogP) is 9.95. The van der Waals surface area contributed by atoms with Crippen molar-refractivity contribution in [3.05, 3.63) is 158 Å². The number of aromatic nitrogens is 6. The molecule has 6 heteroatoms. The van der Waals surface area contributed by atoms with Crippen molar-refractivity contribution in [2.75, 3.05) is 0 Å². The average Bonchev–Trinajstić information content (AvgIpc) is 3.68. The van der Waals surface area contributed by atoms with Gasteiger partial charge >= 0.3 is 0 Å². The van der Waals surface area contributed by atoms with E-state index in [0.29, 0.717) is 17.6 Å². The second kappa shape index (κ2) is 10.4. The first kappa shape index (κ1) is 26.5. The maximum absolute atomic E-state index is 5.21. The molecule has 0 aliphatic heterocycles. The molecule has 0 aliphatic carbocycles. The number of rotatable bonds is 4. The van der Waals surface area contributed by atoms with Gasteiger partial charge in [-0.05, 0) is 24.3 Å². The van der Waals surface area contributed by atoms with Gasteiger partial charge in [-0.25, -0.2) is 4.98 Å². The van der Waals surface area contributed by atoms with Gasteiger partial charge in [-0.1, -0.05) is 121 Å². The van der Waals surface area contributed by atoms with Crippen LogP contribution < -0.4 is 0 Å². The Kier molecular flexibility index (Phi) is 5.77. The number of benzene rings is 6. The first-order chi connectivity index (χ1) is 23.8. The molecule has 4 heterocycles. The summed E-state index contributed by atoms with van der Waals surface area (Å²) in [5.74, 6) is 1.82. The second-order valence-electron chi connectivity index (χ2n) is 12.0. The lowest BCUT2D eigenvalue weighted by Crippen LogP contribution is -2.07. The highest BCUT2D eigenvalue weighted by Gasteiger charge is 2.23. The molecule has 0 saturated heterocycles. The van der Waals surface area contributed by atoms with Crippen LogP contribution in [0.1, 0.15) is 0 Å². The van der Waals surface area contributed by atoms with Gasteiger partial charge in [0.05, 0.1) is 27.8 Å². The summed E-state index contributed by atoms with van der Waals surface area (Å²) >= 11 is 0. The SMILES string of the molecule is c1ccc(-c2nc(-c3ccccc3)nc(-n3c4ccccc4c4ccc5c6ccccc6n(-c6cccc7cnccc67)c5c43)n2)cc1. The van der Waals surface area contributed by atoms with Crippen molar-refractivity contribution in [2.24, 2.45) is 0 Å². The third-order valence-corrected chi connectivity index (χ3v) is 9.25. The summed E-state index contributed by atoms with van der Waals surface area (Å²) in [5, 5.41) is 6.83. The molecule has 0 fully saturated rings. The van der Waals surface area contributed by atoms with Crippen molar-refractivity contribution < 1.29 is 0 Å². The number of hydrogen-bond donors (Lipinski definition) is 0. The van der Waals surface area contributed by atoms with Crippen molar-refractivity contribution in [2.45, 2.75) is 0 Å². The standard InChI is InChI=1S/C42H26N6/c1-3-12-27(13-4-1)40-44-41(28-14-5-2-6-15-28)46-42(45-40)48-37-20-10-8-18-32(37)34-23-22-33-31-17-7-9-19-36(31)47(38(33)39(34)48)35-21-11-16-29-26-43-25-24-30(29)35/h1-26H. The topological polar surface area (TPSA) is 61.4 Å². The van der Waals surface area contributed by atoms with E-state index in [-0.39, 0.29) is 0 Å². The molecule has 0 unspecified atom stereocenters. The summed E-state index contributed by atoms with van der Waals surface area (Å²) in [6.07, 6.45) is 3.80. The molecular formula is C42H26N6. The molecule has 0 atom stereocenters. The van der Waals surface area contributed by atoms with E-state index < -0.39 is 0 Å². The number of para-hydroxylation sites is 2. The molecule has 0 radical (unpaired) electrons. The van der Waals surface area contributed by atoms with Crippen LogP contribution in [0.3, 0.4) is 0 Å². The summed E-state index contributed by atoms with van der Waals surface area (Å²) in [6, 6.07) is 50.5. The largest absolute Gasteiger partial charge is 0.307 e. The molecule has 6 aromatic carbocycles. The van der Waals surface area contributed by atoms with Gasteiger partial charge in [-0.3, -0.25) is 9.55 Å². The van der Waals surface area contributed by atoms with Gasteiger partial charge in [0, 0.05) is 55.8 Å². The maximum atomic E-state index is 5.21. The van der Waals surface area contributed by atoms with E-state index in [0.717, 1.165) is 65.8 Å². The van der Waals surface area contributed by atoms with Crippen LogP contribution in [0.5, 0.6) is 0 Å². The number of pyridine rings is 1. The number of fused-ring (bicyclic) bond motifs is 8. The van der Waals surface area contributed by atoms with Gasteiger partial charge in [0.25, 0.3) is 0 Å². The second-order valence-corrected chi connectivity index (χ2v) is 12.0. The molecule has 6 nitrogen and oxygen atoms in total. The fourth-order valence-corrected chi connectivity index (χ4v) is 7.16. The van der Waals surface area contributed by atoms with Crippen LogP contribution in [0.2, 0.25) is 0 Å². The summed E-state index contributed by atoms with van der Waals surface area (Å²) in [6.45, 7) is 0. The summed E-state index contributed by atoms with van der Waals surface area (Å²) < 4.78 is 4.64. The summed E-state index contributed by atoms with van der Waals surface area (Å²) in [4.78, 5) is 19.8. The molecule has 48 heavy (non-hydrogen) atoms. The van der Waals surface area contributed by atoms with Gasteiger partial charge in [-0.2, -0.15) is 9.97 Å². The fraction of sp³-hybridized carbons (Fsp3) is 0. The lowest BCUT2D eigenvalue weighted by molar-refractivity contribution is 0.953. The van der Waals surface area contributed by atoms with Gasteiger partial charge in [0.2, 0.25) is 5.95 Å². The summed E-state index contributed by atoms with van der Waals surface area (Å²) in [5.41, 5.74) is 7.26. The Balaban J connectivity index is 1.41. The monoisotopic (exact) mass is 614 g/mol. The van der Waals surface area contributed by atoms with E-state index in [9.17, 15) is 0 Å². The van der Waals surface area contributed by atoms with Crippen molar-refractivity contribution in [3.63, 3.8) is 0 Å². The Bertz CT molecular complexity index is 2770. The lowest BCUT2D eigenvalue weighted by Gasteiger charge is -2.14. The molecule has 0 spiro atoms. The molecule has 224 valence electrons. The van der Waals surface area contributed by atoms with Crippen LogP contribution in [0, 0.1) is 0 Å².